The predicted octanol–water partition coefficient (Wildman–Crippen LogP) is 2.22. The van der Waals surface area contributed by atoms with Crippen LogP contribution in [0.3, 0.4) is 0 Å². The number of hydrogen-bond acceptors (Lipinski definition) is 4. The summed E-state index contributed by atoms with van der Waals surface area (Å²) in [4.78, 5) is 17.6. The van der Waals surface area contributed by atoms with E-state index in [9.17, 15) is 9.90 Å². The van der Waals surface area contributed by atoms with Crippen molar-refractivity contribution >= 4 is 17.3 Å². The molecule has 4 nitrogen and oxygen atoms in total. The third-order valence-electron chi connectivity index (χ3n) is 3.51. The number of nitrogens with zero attached hydrogens (tertiary/aromatic N) is 2. The van der Waals surface area contributed by atoms with E-state index in [1.54, 1.807) is 17.5 Å². The van der Waals surface area contributed by atoms with Crippen LogP contribution in [0.4, 0.5) is 0 Å². The highest BCUT2D eigenvalue weighted by molar-refractivity contribution is 7.09. The molecule has 5 heteroatoms. The fraction of sp³-hybridized carbons (Fsp3) is 0.667. The Balaban J connectivity index is 2.02. The molecule has 2 atom stereocenters. The smallest absolute Gasteiger partial charge is 0.320 e. The van der Waals surface area contributed by atoms with Crippen LogP contribution in [0.5, 0.6) is 0 Å². The van der Waals surface area contributed by atoms with Crippen molar-refractivity contribution in [3.05, 3.63) is 16.6 Å². The van der Waals surface area contributed by atoms with Gasteiger partial charge in [-0.3, -0.25) is 9.69 Å². The lowest BCUT2D eigenvalue weighted by Crippen LogP contribution is -2.46. The minimum atomic E-state index is -0.695. The van der Waals surface area contributed by atoms with Crippen molar-refractivity contribution in [2.75, 3.05) is 6.54 Å². The number of piperidine rings is 1. The first kappa shape index (κ1) is 12.5. The molecular weight excluding hydrogens is 236 g/mol. The van der Waals surface area contributed by atoms with Gasteiger partial charge >= 0.3 is 5.97 Å². The molecule has 94 valence electrons. The zero-order chi connectivity index (χ0) is 12.3. The van der Waals surface area contributed by atoms with Gasteiger partial charge in [-0.1, -0.05) is 13.3 Å². The first-order valence-corrected chi connectivity index (χ1v) is 6.94. The largest absolute Gasteiger partial charge is 0.480 e. The molecule has 17 heavy (non-hydrogen) atoms. The summed E-state index contributed by atoms with van der Waals surface area (Å²) in [6.07, 6.45) is 4.73. The highest BCUT2D eigenvalue weighted by Crippen LogP contribution is 2.27. The van der Waals surface area contributed by atoms with Crippen LogP contribution in [0.1, 0.15) is 31.2 Å². The van der Waals surface area contributed by atoms with E-state index in [-0.39, 0.29) is 6.04 Å². The number of aromatic nitrogens is 1. The second-order valence-electron chi connectivity index (χ2n) is 4.55. The molecule has 2 unspecified atom stereocenters. The number of carboxylic acid groups (broad SMARTS) is 1. The van der Waals surface area contributed by atoms with Crippen LogP contribution in [0.25, 0.3) is 0 Å². The number of thiazole rings is 1. The zero-order valence-electron chi connectivity index (χ0n) is 10.0. The van der Waals surface area contributed by atoms with E-state index in [1.807, 2.05) is 10.3 Å². The molecule has 1 saturated heterocycles. The van der Waals surface area contributed by atoms with Crippen LogP contribution < -0.4 is 0 Å². The molecule has 0 spiro atoms. The van der Waals surface area contributed by atoms with Crippen LogP contribution >= 0.6 is 11.3 Å². The summed E-state index contributed by atoms with van der Waals surface area (Å²) >= 11 is 1.59. The average Bonchev–Trinajstić information content (AvgIpc) is 2.82. The Kier molecular flexibility index (Phi) is 4.12. The van der Waals surface area contributed by atoms with Gasteiger partial charge in [0.1, 0.15) is 11.0 Å². The fourth-order valence-corrected chi connectivity index (χ4v) is 3.05. The molecule has 0 amide bonds. The Morgan fingerprint density at radius 2 is 2.53 bits per heavy atom. The Morgan fingerprint density at radius 1 is 1.71 bits per heavy atom. The maximum Gasteiger partial charge on any atom is 0.320 e. The van der Waals surface area contributed by atoms with Crippen molar-refractivity contribution in [3.8, 4) is 0 Å². The molecule has 1 aliphatic heterocycles. The Hall–Kier alpha value is -0.940. The molecular formula is C12H18N2O2S. The Labute approximate surface area is 105 Å². The van der Waals surface area contributed by atoms with Crippen LogP contribution in [0.2, 0.25) is 0 Å². The minimum Gasteiger partial charge on any atom is -0.480 e. The summed E-state index contributed by atoms with van der Waals surface area (Å²) in [7, 11) is 0. The number of likely N-dealkylation sites (tertiary alicyclic amines) is 1. The van der Waals surface area contributed by atoms with E-state index in [1.165, 1.54) is 0 Å². The lowest BCUT2D eigenvalue weighted by atomic mass is 9.89. The van der Waals surface area contributed by atoms with Gasteiger partial charge in [0.05, 0.1) is 6.54 Å². The van der Waals surface area contributed by atoms with Gasteiger partial charge in [0.15, 0.2) is 0 Å². The van der Waals surface area contributed by atoms with Crippen LogP contribution in [-0.4, -0.2) is 33.5 Å². The molecule has 1 aromatic rings. The highest BCUT2D eigenvalue weighted by atomic mass is 32.1. The van der Waals surface area contributed by atoms with E-state index < -0.39 is 5.97 Å². The lowest BCUT2D eigenvalue weighted by molar-refractivity contribution is -0.145. The first-order valence-electron chi connectivity index (χ1n) is 6.06. The Morgan fingerprint density at radius 3 is 3.12 bits per heavy atom. The van der Waals surface area contributed by atoms with E-state index in [0.717, 1.165) is 30.8 Å². The van der Waals surface area contributed by atoms with Crippen LogP contribution in [0, 0.1) is 5.92 Å². The zero-order valence-corrected chi connectivity index (χ0v) is 10.8. The van der Waals surface area contributed by atoms with Gasteiger partial charge in [-0.2, -0.15) is 0 Å². The van der Waals surface area contributed by atoms with E-state index in [2.05, 4.69) is 11.9 Å². The van der Waals surface area contributed by atoms with Gasteiger partial charge in [-0.25, -0.2) is 4.98 Å². The molecule has 1 fully saturated rings. The quantitative estimate of drug-likeness (QED) is 0.895. The molecule has 1 aromatic heterocycles. The number of rotatable bonds is 4. The van der Waals surface area contributed by atoms with E-state index in [0.29, 0.717) is 12.5 Å². The van der Waals surface area contributed by atoms with Crippen LogP contribution in [0.15, 0.2) is 11.6 Å². The topological polar surface area (TPSA) is 53.4 Å². The number of carbonyl (C=O) groups is 1. The lowest BCUT2D eigenvalue weighted by Gasteiger charge is -2.36. The monoisotopic (exact) mass is 254 g/mol. The van der Waals surface area contributed by atoms with Crippen molar-refractivity contribution in [1.82, 2.24) is 9.88 Å². The van der Waals surface area contributed by atoms with Gasteiger partial charge in [0.25, 0.3) is 0 Å². The third kappa shape index (κ3) is 3.04. The van der Waals surface area contributed by atoms with Gasteiger partial charge in [-0.05, 0) is 25.3 Å². The van der Waals surface area contributed by atoms with E-state index in [4.69, 9.17) is 0 Å². The maximum absolute atomic E-state index is 11.3. The fourth-order valence-electron chi connectivity index (χ4n) is 2.41. The number of hydrogen-bond donors (Lipinski definition) is 1. The average molecular weight is 254 g/mol. The standard InChI is InChI=1S/C12H18N2O2S/c1-2-9-3-5-14(10(7-9)12(15)16)8-11-13-4-6-17-11/h4,6,9-10H,2-3,5,7-8H2,1H3,(H,15,16). The van der Waals surface area contributed by atoms with Gasteiger partial charge in [0.2, 0.25) is 0 Å². The summed E-state index contributed by atoms with van der Waals surface area (Å²) < 4.78 is 0. The molecule has 0 bridgehead atoms. The predicted molar refractivity (Wildman–Crippen MR) is 67.0 cm³/mol. The van der Waals surface area contributed by atoms with Gasteiger partial charge in [-0.15, -0.1) is 11.3 Å². The van der Waals surface area contributed by atoms with Crippen molar-refractivity contribution in [1.29, 1.82) is 0 Å². The van der Waals surface area contributed by atoms with Crippen molar-refractivity contribution in [3.63, 3.8) is 0 Å². The van der Waals surface area contributed by atoms with Crippen molar-refractivity contribution in [2.45, 2.75) is 38.8 Å². The summed E-state index contributed by atoms with van der Waals surface area (Å²) in [6.45, 7) is 3.68. The van der Waals surface area contributed by atoms with Gasteiger partial charge < -0.3 is 5.11 Å². The van der Waals surface area contributed by atoms with E-state index >= 15 is 0 Å². The summed E-state index contributed by atoms with van der Waals surface area (Å²) in [5.74, 6) is -0.136. The summed E-state index contributed by atoms with van der Waals surface area (Å²) in [5.41, 5.74) is 0. The second kappa shape index (κ2) is 5.60. The normalized spacial score (nSPS) is 25.9. The molecule has 1 aliphatic rings. The number of carboxylic acids is 1. The van der Waals surface area contributed by atoms with Crippen LogP contribution in [-0.2, 0) is 11.3 Å². The highest BCUT2D eigenvalue weighted by Gasteiger charge is 2.32. The molecule has 1 N–H and O–H groups in total. The molecule has 0 aromatic carbocycles. The molecule has 2 rings (SSSR count). The molecule has 0 radical (unpaired) electrons. The SMILES string of the molecule is CCC1CCN(Cc2nccs2)C(C(=O)O)C1. The third-order valence-corrected chi connectivity index (χ3v) is 4.27. The minimum absolute atomic E-state index is 0.336. The number of aliphatic carboxylic acids is 1. The molecule has 0 aliphatic carbocycles. The first-order chi connectivity index (χ1) is 8.20. The Bertz CT molecular complexity index is 367. The second-order valence-corrected chi connectivity index (χ2v) is 5.53. The summed E-state index contributed by atoms with van der Waals surface area (Å²) in [5, 5.41) is 12.2. The van der Waals surface area contributed by atoms with Crippen molar-refractivity contribution < 1.29 is 9.90 Å². The maximum atomic E-state index is 11.3. The van der Waals surface area contributed by atoms with Crippen molar-refractivity contribution in [2.24, 2.45) is 5.92 Å². The van der Waals surface area contributed by atoms with Gasteiger partial charge in [0, 0.05) is 11.6 Å². The molecule has 0 saturated carbocycles. The molecule has 2 heterocycles. The summed E-state index contributed by atoms with van der Waals surface area (Å²) in [6, 6.07) is -0.336.